The maximum atomic E-state index is 12.9. The number of sulfone groups is 1. The average molecular weight is 399 g/mol. The SMILES string of the molecule is Cc1ccc2c(n1)Nc1cc([C@]3(C)CS(=O)(=O)C(C)(C)C(N)=N3)ccc1CC2. The number of pyridine rings is 1. The third-order valence-corrected chi connectivity index (χ3v) is 8.71. The van der Waals surface area contributed by atoms with Gasteiger partial charge in [-0.1, -0.05) is 18.2 Å². The number of aryl methyl sites for hydroxylation is 3. The van der Waals surface area contributed by atoms with Crippen LogP contribution in [0.2, 0.25) is 0 Å². The summed E-state index contributed by atoms with van der Waals surface area (Å²) in [5.41, 5.74) is 10.3. The second kappa shape index (κ2) is 6.04. The molecule has 0 aliphatic carbocycles. The minimum absolute atomic E-state index is 0.0690. The van der Waals surface area contributed by atoms with Crippen molar-refractivity contribution in [2.75, 3.05) is 11.1 Å². The van der Waals surface area contributed by atoms with Crippen LogP contribution in [0.3, 0.4) is 0 Å². The number of aromatic nitrogens is 1. The van der Waals surface area contributed by atoms with Crippen molar-refractivity contribution in [2.45, 2.75) is 50.8 Å². The number of nitrogens with two attached hydrogens (primary N) is 1. The van der Waals surface area contributed by atoms with Crippen LogP contribution in [0, 0.1) is 6.92 Å². The molecule has 1 atom stereocenters. The largest absolute Gasteiger partial charge is 0.386 e. The second-order valence-corrected chi connectivity index (χ2v) is 11.0. The van der Waals surface area contributed by atoms with E-state index < -0.39 is 20.1 Å². The molecule has 0 fully saturated rings. The van der Waals surface area contributed by atoms with Crippen molar-refractivity contribution >= 4 is 27.2 Å². The Morgan fingerprint density at radius 1 is 1.07 bits per heavy atom. The summed E-state index contributed by atoms with van der Waals surface area (Å²) in [6.45, 7) is 7.04. The molecule has 2 aliphatic heterocycles. The number of hydrogen-bond acceptors (Lipinski definition) is 6. The highest BCUT2D eigenvalue weighted by atomic mass is 32.2. The number of hydrogen-bond donors (Lipinski definition) is 2. The lowest BCUT2D eigenvalue weighted by Crippen LogP contribution is -2.54. The first-order chi connectivity index (χ1) is 13.0. The zero-order valence-corrected chi connectivity index (χ0v) is 17.5. The molecule has 6 nitrogen and oxygen atoms in total. The number of nitrogens with zero attached hydrogens (tertiary/aromatic N) is 2. The van der Waals surface area contributed by atoms with Crippen LogP contribution >= 0.6 is 0 Å². The van der Waals surface area contributed by atoms with Gasteiger partial charge in [-0.15, -0.1) is 0 Å². The first-order valence-electron chi connectivity index (χ1n) is 9.47. The van der Waals surface area contributed by atoms with E-state index in [1.807, 2.05) is 32.0 Å². The molecule has 0 spiro atoms. The lowest BCUT2D eigenvalue weighted by molar-refractivity contribution is 0.501. The normalized spacial score (nSPS) is 24.9. The molecule has 7 heteroatoms. The molecule has 3 heterocycles. The molecular weight excluding hydrogens is 372 g/mol. The van der Waals surface area contributed by atoms with Crippen molar-refractivity contribution in [3.63, 3.8) is 0 Å². The molecule has 148 valence electrons. The van der Waals surface area contributed by atoms with Gasteiger partial charge >= 0.3 is 0 Å². The third-order valence-electron chi connectivity index (χ3n) is 6.00. The molecule has 1 aromatic carbocycles. The molecule has 1 aromatic heterocycles. The van der Waals surface area contributed by atoms with Gasteiger partial charge in [-0.05, 0) is 69.4 Å². The Morgan fingerprint density at radius 3 is 2.46 bits per heavy atom. The smallest absolute Gasteiger partial charge is 0.165 e. The summed E-state index contributed by atoms with van der Waals surface area (Å²) in [5.74, 6) is 0.953. The van der Waals surface area contributed by atoms with Crippen LogP contribution < -0.4 is 11.1 Å². The predicted octanol–water partition coefficient (Wildman–Crippen LogP) is 3.01. The highest BCUT2D eigenvalue weighted by Gasteiger charge is 2.48. The number of aliphatic imine (C=N–C) groups is 1. The molecule has 4 rings (SSSR count). The summed E-state index contributed by atoms with van der Waals surface area (Å²) in [6, 6.07) is 10.2. The standard InChI is InChI=1S/C21H26N4O2S/c1-13-5-6-15-8-7-14-9-10-16(11-17(14)24-18(15)23-13)21(4)12-28(26,27)20(2,3)19(22)25-21/h5-6,9-11H,7-8,12H2,1-4H3,(H2,22,25)(H,23,24)/t21-/m0/s1. The van der Waals surface area contributed by atoms with Crippen molar-refractivity contribution in [1.82, 2.24) is 4.98 Å². The van der Waals surface area contributed by atoms with E-state index >= 15 is 0 Å². The third kappa shape index (κ3) is 2.89. The monoisotopic (exact) mass is 398 g/mol. The van der Waals surface area contributed by atoms with Gasteiger partial charge < -0.3 is 11.1 Å². The molecule has 0 saturated heterocycles. The highest BCUT2D eigenvalue weighted by molar-refractivity contribution is 7.93. The predicted molar refractivity (Wildman–Crippen MR) is 113 cm³/mol. The topological polar surface area (TPSA) is 97.4 Å². The van der Waals surface area contributed by atoms with Gasteiger partial charge in [0.25, 0.3) is 0 Å². The molecule has 28 heavy (non-hydrogen) atoms. The van der Waals surface area contributed by atoms with Crippen LogP contribution in [0.25, 0.3) is 0 Å². The molecule has 0 radical (unpaired) electrons. The van der Waals surface area contributed by atoms with Gasteiger partial charge in [0.1, 0.15) is 16.4 Å². The summed E-state index contributed by atoms with van der Waals surface area (Å²) in [6.07, 6.45) is 1.81. The van der Waals surface area contributed by atoms with Gasteiger partial charge in [0.15, 0.2) is 9.84 Å². The number of anilines is 2. The highest BCUT2D eigenvalue weighted by Crippen LogP contribution is 2.39. The van der Waals surface area contributed by atoms with Gasteiger partial charge in [-0.3, -0.25) is 4.99 Å². The van der Waals surface area contributed by atoms with Crippen LogP contribution in [-0.2, 0) is 28.2 Å². The van der Waals surface area contributed by atoms with Crippen LogP contribution in [0.15, 0.2) is 35.3 Å². The Labute approximate surface area is 166 Å². The van der Waals surface area contributed by atoms with E-state index in [4.69, 9.17) is 5.73 Å². The van der Waals surface area contributed by atoms with Crippen LogP contribution in [0.1, 0.15) is 43.2 Å². The summed E-state index contributed by atoms with van der Waals surface area (Å²) in [4.78, 5) is 9.27. The van der Waals surface area contributed by atoms with E-state index in [0.29, 0.717) is 0 Å². The average Bonchev–Trinajstić information content (AvgIpc) is 2.77. The summed E-state index contributed by atoms with van der Waals surface area (Å²) in [5, 5.41) is 3.45. The molecule has 3 N–H and O–H groups in total. The summed E-state index contributed by atoms with van der Waals surface area (Å²) in [7, 11) is -3.44. The van der Waals surface area contributed by atoms with Crippen molar-refractivity contribution in [3.05, 3.63) is 52.7 Å². The van der Waals surface area contributed by atoms with Gasteiger partial charge in [0, 0.05) is 11.4 Å². The molecule has 0 amide bonds. The van der Waals surface area contributed by atoms with Gasteiger partial charge in [-0.25, -0.2) is 13.4 Å². The first-order valence-corrected chi connectivity index (χ1v) is 11.1. The van der Waals surface area contributed by atoms with Crippen molar-refractivity contribution < 1.29 is 8.42 Å². The molecule has 0 bridgehead atoms. The number of nitrogens with one attached hydrogen (secondary N) is 1. The van der Waals surface area contributed by atoms with Gasteiger partial charge in [0.05, 0.1) is 11.3 Å². The minimum Gasteiger partial charge on any atom is -0.386 e. The second-order valence-electron chi connectivity index (χ2n) is 8.50. The number of rotatable bonds is 1. The minimum atomic E-state index is -3.44. The Balaban J connectivity index is 1.79. The molecule has 2 aromatic rings. The van der Waals surface area contributed by atoms with E-state index in [1.54, 1.807) is 13.8 Å². The maximum Gasteiger partial charge on any atom is 0.165 e. The Morgan fingerprint density at radius 2 is 1.75 bits per heavy atom. The fourth-order valence-corrected chi connectivity index (χ4v) is 5.52. The Kier molecular flexibility index (Phi) is 4.08. The van der Waals surface area contributed by atoms with Crippen LogP contribution in [-0.4, -0.2) is 29.7 Å². The summed E-state index contributed by atoms with van der Waals surface area (Å²) >= 11 is 0. The number of benzene rings is 1. The Bertz CT molecular complexity index is 1110. The zero-order chi connectivity index (χ0) is 20.3. The van der Waals surface area contributed by atoms with Crippen LogP contribution in [0.4, 0.5) is 11.5 Å². The van der Waals surface area contributed by atoms with E-state index in [9.17, 15) is 8.42 Å². The lowest BCUT2D eigenvalue weighted by atomic mass is 9.91. The van der Waals surface area contributed by atoms with E-state index in [-0.39, 0.29) is 11.6 Å². The molecule has 2 aliphatic rings. The Hall–Kier alpha value is -2.41. The lowest BCUT2D eigenvalue weighted by Gasteiger charge is -2.38. The van der Waals surface area contributed by atoms with Gasteiger partial charge in [-0.2, -0.15) is 0 Å². The van der Waals surface area contributed by atoms with Crippen molar-refractivity contribution in [3.8, 4) is 0 Å². The maximum absolute atomic E-state index is 12.9. The quantitative estimate of drug-likeness (QED) is 0.770. The van der Waals surface area contributed by atoms with Crippen LogP contribution in [0.5, 0.6) is 0 Å². The first kappa shape index (κ1) is 18.9. The van der Waals surface area contributed by atoms with Crippen molar-refractivity contribution in [2.24, 2.45) is 10.7 Å². The summed E-state index contributed by atoms with van der Waals surface area (Å²) < 4.78 is 24.6. The van der Waals surface area contributed by atoms with Crippen molar-refractivity contribution in [1.29, 1.82) is 0 Å². The number of fused-ring (bicyclic) bond motifs is 2. The molecular formula is C21H26N4O2S. The zero-order valence-electron chi connectivity index (χ0n) is 16.7. The molecule has 0 unspecified atom stereocenters. The van der Waals surface area contributed by atoms with E-state index in [1.165, 1.54) is 11.1 Å². The van der Waals surface area contributed by atoms with E-state index in [2.05, 4.69) is 27.4 Å². The van der Waals surface area contributed by atoms with Gasteiger partial charge in [0.2, 0.25) is 0 Å². The fraction of sp³-hybridized carbons (Fsp3) is 0.429. The van der Waals surface area contributed by atoms with E-state index in [0.717, 1.165) is 35.6 Å². The number of amidine groups is 1. The fourth-order valence-electron chi connectivity index (χ4n) is 3.83. The molecule has 0 saturated carbocycles.